The molecule has 0 saturated heterocycles. The molecule has 0 amide bonds. The molecule has 0 bridgehead atoms. The molecule has 0 aliphatic heterocycles. The zero-order valence-electron chi connectivity index (χ0n) is 5.67. The minimum absolute atomic E-state index is 0.243. The minimum atomic E-state index is -2.78. The molecule has 12 heavy (non-hydrogen) atoms. The lowest BCUT2D eigenvalue weighted by Crippen LogP contribution is -1.85. The van der Waals surface area contributed by atoms with Crippen LogP contribution in [0, 0.1) is 17.9 Å². The maximum absolute atomic E-state index is 11.9. The number of halogens is 2. The number of aromatic nitrogens is 2. The molecule has 6 heteroatoms. The van der Waals surface area contributed by atoms with Gasteiger partial charge in [0.15, 0.2) is 5.69 Å². The molecule has 1 rings (SSSR count). The van der Waals surface area contributed by atoms with Gasteiger partial charge in [0.25, 0.3) is 5.82 Å². The molecule has 1 aromatic rings. The summed E-state index contributed by atoms with van der Waals surface area (Å²) < 4.78 is 23.9. The van der Waals surface area contributed by atoms with Crippen LogP contribution in [0.4, 0.5) is 14.6 Å². The third-order valence-electron chi connectivity index (χ3n) is 1.13. The number of aromatic amines is 1. The quantitative estimate of drug-likeness (QED) is 0.649. The van der Waals surface area contributed by atoms with E-state index < -0.39 is 12.2 Å². The summed E-state index contributed by atoms with van der Waals surface area (Å²) in [5, 5.41) is 8.32. The Labute approximate surface area is 66.3 Å². The fourth-order valence-corrected chi connectivity index (χ4v) is 0.644. The van der Waals surface area contributed by atoms with E-state index in [9.17, 15) is 8.78 Å². The maximum atomic E-state index is 11.9. The van der Waals surface area contributed by atoms with E-state index in [2.05, 4.69) is 9.83 Å². The van der Waals surface area contributed by atoms with Crippen molar-refractivity contribution in [3.63, 3.8) is 0 Å². The van der Waals surface area contributed by atoms with Crippen molar-refractivity contribution >= 4 is 5.82 Å². The van der Waals surface area contributed by atoms with Crippen LogP contribution in [0.5, 0.6) is 0 Å². The third kappa shape index (κ3) is 1.23. The number of nitriles is 1. The topological polar surface area (TPSA) is 56.8 Å². The molecule has 1 N–H and O–H groups in total. The first-order chi connectivity index (χ1) is 5.69. The van der Waals surface area contributed by atoms with Crippen LogP contribution in [0.3, 0.4) is 0 Å². The van der Waals surface area contributed by atoms with E-state index in [1.165, 1.54) is 6.07 Å². The van der Waals surface area contributed by atoms with Crippen LogP contribution < -0.4 is 0 Å². The highest BCUT2D eigenvalue weighted by molar-refractivity contribution is 5.49. The normalized spacial score (nSPS) is 9.42. The molecule has 0 atom stereocenters. The van der Waals surface area contributed by atoms with Gasteiger partial charge < -0.3 is 4.85 Å². The minimum Gasteiger partial charge on any atom is -0.361 e. The predicted molar refractivity (Wildman–Crippen MR) is 34.5 cm³/mol. The molecule has 0 fully saturated rings. The summed E-state index contributed by atoms with van der Waals surface area (Å²) in [5.74, 6) is -0.884. The number of hydrogen-bond donors (Lipinski definition) is 1. The lowest BCUT2D eigenvalue weighted by atomic mass is 10.5. The van der Waals surface area contributed by atoms with E-state index >= 15 is 0 Å². The molecule has 1 heterocycles. The molecule has 0 radical (unpaired) electrons. The van der Waals surface area contributed by atoms with E-state index in [0.717, 1.165) is 0 Å². The van der Waals surface area contributed by atoms with Crippen molar-refractivity contribution in [1.29, 1.82) is 5.26 Å². The molecule has 60 valence electrons. The number of H-pyrrole nitrogens is 1. The Morgan fingerprint density at radius 3 is 2.67 bits per heavy atom. The van der Waals surface area contributed by atoms with Crippen LogP contribution in [0.15, 0.2) is 0 Å². The Hall–Kier alpha value is -1.95. The molecular weight excluding hydrogens is 166 g/mol. The number of hydrogen-bond acceptors (Lipinski definition) is 2. The second-order valence-electron chi connectivity index (χ2n) is 1.84. The summed E-state index contributed by atoms with van der Waals surface area (Å²) in [4.78, 5) is 8.08. The van der Waals surface area contributed by atoms with E-state index in [-0.39, 0.29) is 11.5 Å². The first kappa shape index (κ1) is 8.15. The Morgan fingerprint density at radius 1 is 1.67 bits per heavy atom. The number of rotatable bonds is 1. The van der Waals surface area contributed by atoms with Gasteiger partial charge in [-0.3, -0.25) is 4.98 Å². The lowest BCUT2D eigenvalue weighted by Gasteiger charge is -1.85. The van der Waals surface area contributed by atoms with Gasteiger partial charge in [-0.15, -0.1) is 0 Å². The van der Waals surface area contributed by atoms with Crippen LogP contribution in [-0.2, 0) is 0 Å². The highest BCUT2D eigenvalue weighted by Gasteiger charge is 2.18. The average Bonchev–Trinajstić information content (AvgIpc) is 2.46. The van der Waals surface area contributed by atoms with Crippen molar-refractivity contribution in [3.05, 3.63) is 22.9 Å². The fourth-order valence-electron chi connectivity index (χ4n) is 0.644. The van der Waals surface area contributed by atoms with Crippen molar-refractivity contribution in [3.8, 4) is 6.07 Å². The molecule has 1 aromatic heterocycles. The largest absolute Gasteiger partial charge is 0.361 e. The molecule has 0 aromatic carbocycles. The van der Waals surface area contributed by atoms with Gasteiger partial charge in [0, 0.05) is 0 Å². The van der Waals surface area contributed by atoms with Gasteiger partial charge >= 0.3 is 6.43 Å². The van der Waals surface area contributed by atoms with Crippen molar-refractivity contribution in [2.75, 3.05) is 0 Å². The summed E-state index contributed by atoms with van der Waals surface area (Å²) in [6.07, 6.45) is -2.78. The molecule has 0 spiro atoms. The van der Waals surface area contributed by atoms with Crippen molar-refractivity contribution in [2.24, 2.45) is 0 Å². The second-order valence-corrected chi connectivity index (χ2v) is 1.84. The smallest absolute Gasteiger partial charge is 0.315 e. The van der Waals surface area contributed by atoms with Gasteiger partial charge in [0.05, 0.1) is 0 Å². The fraction of sp³-hybridized carbons (Fsp3) is 0.167. The van der Waals surface area contributed by atoms with Crippen LogP contribution in [-0.4, -0.2) is 9.97 Å². The zero-order chi connectivity index (χ0) is 9.14. The second kappa shape index (κ2) is 2.97. The van der Waals surface area contributed by atoms with Crippen molar-refractivity contribution in [2.45, 2.75) is 6.43 Å². The standard InChI is InChI=1S/C6H2F2N4/c1-10-5-3(2-9)11-6(12-5)4(7)8/h4H,(H,11,12). The third-order valence-corrected chi connectivity index (χ3v) is 1.13. The van der Waals surface area contributed by atoms with Crippen LogP contribution in [0.1, 0.15) is 17.9 Å². The highest BCUT2D eigenvalue weighted by atomic mass is 19.3. The van der Waals surface area contributed by atoms with Gasteiger partial charge in [-0.25, -0.2) is 4.98 Å². The molecule has 0 aliphatic carbocycles. The Bertz CT molecular complexity index is 336. The van der Waals surface area contributed by atoms with E-state index in [0.29, 0.717) is 0 Å². The Kier molecular flexibility index (Phi) is 2.02. The van der Waals surface area contributed by atoms with Crippen LogP contribution in [0.25, 0.3) is 4.85 Å². The van der Waals surface area contributed by atoms with E-state index in [1.54, 1.807) is 0 Å². The SMILES string of the molecule is [C-]#[N+]c1[nH]c(C(F)F)nc1C#N. The van der Waals surface area contributed by atoms with Gasteiger partial charge in [0.1, 0.15) is 6.07 Å². The Balaban J connectivity index is 3.19. The Morgan fingerprint density at radius 2 is 2.33 bits per heavy atom. The lowest BCUT2D eigenvalue weighted by molar-refractivity contribution is 0.141. The highest BCUT2D eigenvalue weighted by Crippen LogP contribution is 2.21. The number of nitrogens with one attached hydrogen (secondary N) is 1. The number of nitrogens with zero attached hydrogens (tertiary/aromatic N) is 3. The van der Waals surface area contributed by atoms with Gasteiger partial charge in [0.2, 0.25) is 5.82 Å². The summed E-state index contributed by atoms with van der Waals surface area (Å²) in [6.45, 7) is 6.50. The van der Waals surface area contributed by atoms with Gasteiger partial charge in [-0.1, -0.05) is 6.57 Å². The molecule has 0 unspecified atom stereocenters. The predicted octanol–water partition coefficient (Wildman–Crippen LogP) is 1.77. The van der Waals surface area contributed by atoms with Crippen LogP contribution >= 0.6 is 0 Å². The van der Waals surface area contributed by atoms with Gasteiger partial charge in [-0.05, 0) is 0 Å². The van der Waals surface area contributed by atoms with E-state index in [4.69, 9.17) is 11.8 Å². The van der Waals surface area contributed by atoms with Crippen molar-refractivity contribution in [1.82, 2.24) is 9.97 Å². The number of alkyl halides is 2. The molecule has 4 nitrogen and oxygen atoms in total. The van der Waals surface area contributed by atoms with Crippen LogP contribution in [0.2, 0.25) is 0 Å². The molecular formula is C6H2F2N4. The summed E-state index contributed by atoms with van der Waals surface area (Å²) in [5.41, 5.74) is -0.291. The summed E-state index contributed by atoms with van der Waals surface area (Å²) >= 11 is 0. The molecule has 0 saturated carbocycles. The monoisotopic (exact) mass is 168 g/mol. The van der Waals surface area contributed by atoms with E-state index in [1.807, 2.05) is 4.98 Å². The number of imidazole rings is 1. The maximum Gasteiger partial charge on any atom is 0.315 e. The average molecular weight is 168 g/mol. The van der Waals surface area contributed by atoms with Crippen molar-refractivity contribution < 1.29 is 8.78 Å². The molecule has 0 aliphatic rings. The summed E-state index contributed by atoms with van der Waals surface area (Å²) in [7, 11) is 0. The van der Waals surface area contributed by atoms with Gasteiger partial charge in [-0.2, -0.15) is 14.0 Å². The first-order valence-electron chi connectivity index (χ1n) is 2.84. The summed E-state index contributed by atoms with van der Waals surface area (Å²) in [6, 6.07) is 1.53. The zero-order valence-corrected chi connectivity index (χ0v) is 5.67. The first-order valence-corrected chi connectivity index (χ1v) is 2.84.